The molecule has 1 fully saturated rings. The first-order valence-corrected chi connectivity index (χ1v) is 17.1. The van der Waals surface area contributed by atoms with Crippen LogP contribution in [0.1, 0.15) is 45.9 Å². The van der Waals surface area contributed by atoms with Crippen molar-refractivity contribution in [1.82, 2.24) is 0 Å². The average Bonchev–Trinajstić information content (AvgIpc) is 3.72. The molecule has 13 heteroatoms. The number of rotatable bonds is 15. The standard InChI is InChI=1S/C40H44O13/c1-47-32-16-23(6-8-29(32)43)37(45)36(19-42)52-31-10-5-21(14-34(31)49-3)12-26-25(20-51-40(26)46)11-22-13-27-28(18-41)38(53-39(27)35(15-22)50-4)24-7-9-30(44)33(17-24)48-2/h5-10,13-17,25-26,28,36-38,41-45H,11-12,18-20H2,1-4H3/t25-,26+,28-,36-,37+,38+/m0/s1. The van der Waals surface area contributed by atoms with Gasteiger partial charge in [0, 0.05) is 11.5 Å². The fraction of sp³-hybridized carbons (Fsp3) is 0.375. The summed E-state index contributed by atoms with van der Waals surface area (Å²) in [5.74, 6) is 0.649. The number of carbonyl (C=O) groups excluding carboxylic acids is 1. The Morgan fingerprint density at radius 3 is 2.09 bits per heavy atom. The summed E-state index contributed by atoms with van der Waals surface area (Å²) in [6, 6.07) is 18.4. The van der Waals surface area contributed by atoms with Crippen LogP contribution in [0.25, 0.3) is 0 Å². The summed E-state index contributed by atoms with van der Waals surface area (Å²) in [6.07, 6.45) is -2.03. The summed E-state index contributed by atoms with van der Waals surface area (Å²) in [6.45, 7) is -0.489. The lowest BCUT2D eigenvalue weighted by Gasteiger charge is -2.24. The summed E-state index contributed by atoms with van der Waals surface area (Å²) >= 11 is 0. The van der Waals surface area contributed by atoms with Crippen molar-refractivity contribution in [1.29, 1.82) is 0 Å². The Bertz CT molecular complexity index is 1930. The first kappa shape index (κ1) is 37.4. The lowest BCUT2D eigenvalue weighted by molar-refractivity contribution is -0.141. The lowest BCUT2D eigenvalue weighted by Crippen LogP contribution is -2.29. The number of phenols is 2. The molecule has 0 aromatic heterocycles. The maximum atomic E-state index is 13.1. The van der Waals surface area contributed by atoms with Gasteiger partial charge in [-0.1, -0.05) is 24.3 Å². The van der Waals surface area contributed by atoms with E-state index < -0.39 is 36.8 Å². The predicted molar refractivity (Wildman–Crippen MR) is 190 cm³/mol. The second kappa shape index (κ2) is 16.1. The number of hydrogen-bond acceptors (Lipinski definition) is 13. The van der Waals surface area contributed by atoms with E-state index in [0.717, 1.165) is 22.3 Å². The number of aliphatic hydroxyl groups is 3. The molecule has 0 bridgehead atoms. The molecule has 4 aromatic carbocycles. The van der Waals surface area contributed by atoms with Gasteiger partial charge in [0.1, 0.15) is 12.2 Å². The Labute approximate surface area is 306 Å². The minimum Gasteiger partial charge on any atom is -0.504 e. The predicted octanol–water partition coefficient (Wildman–Crippen LogP) is 4.39. The van der Waals surface area contributed by atoms with E-state index in [1.54, 1.807) is 37.4 Å². The molecule has 13 nitrogen and oxygen atoms in total. The number of fused-ring (bicyclic) bond motifs is 1. The van der Waals surface area contributed by atoms with Gasteiger partial charge in [-0.25, -0.2) is 0 Å². The summed E-state index contributed by atoms with van der Waals surface area (Å²) < 4.78 is 39.7. The number of methoxy groups -OCH3 is 4. The zero-order chi connectivity index (χ0) is 37.8. The molecule has 282 valence electrons. The van der Waals surface area contributed by atoms with Crippen molar-refractivity contribution in [3.8, 4) is 46.0 Å². The third kappa shape index (κ3) is 7.59. The van der Waals surface area contributed by atoms with Gasteiger partial charge < -0.3 is 58.7 Å². The van der Waals surface area contributed by atoms with E-state index in [1.165, 1.54) is 45.6 Å². The summed E-state index contributed by atoms with van der Waals surface area (Å²) in [7, 11) is 5.88. The fourth-order valence-corrected chi connectivity index (χ4v) is 7.10. The molecule has 2 aliphatic rings. The van der Waals surface area contributed by atoms with Crippen LogP contribution in [-0.2, 0) is 22.4 Å². The summed E-state index contributed by atoms with van der Waals surface area (Å²) in [5.41, 5.74) is 3.55. The highest BCUT2D eigenvalue weighted by Crippen LogP contribution is 2.52. The molecule has 2 aliphatic heterocycles. The van der Waals surface area contributed by atoms with Crippen LogP contribution < -0.4 is 28.4 Å². The highest BCUT2D eigenvalue weighted by molar-refractivity contribution is 5.75. The molecule has 0 aliphatic carbocycles. The van der Waals surface area contributed by atoms with Gasteiger partial charge in [0.2, 0.25) is 0 Å². The molecule has 5 N–H and O–H groups in total. The number of hydrogen-bond donors (Lipinski definition) is 5. The molecule has 0 amide bonds. The van der Waals surface area contributed by atoms with Crippen molar-refractivity contribution in [3.05, 3.63) is 94.5 Å². The second-order valence-corrected chi connectivity index (χ2v) is 13.1. The van der Waals surface area contributed by atoms with Gasteiger partial charge in [0.15, 0.2) is 52.1 Å². The summed E-state index contributed by atoms with van der Waals surface area (Å²) in [4.78, 5) is 13.1. The number of aromatic hydroxyl groups is 2. The Kier molecular flexibility index (Phi) is 11.4. The van der Waals surface area contributed by atoms with Crippen molar-refractivity contribution >= 4 is 5.97 Å². The molecule has 0 spiro atoms. The number of benzene rings is 4. The maximum Gasteiger partial charge on any atom is 0.309 e. The van der Waals surface area contributed by atoms with Crippen molar-refractivity contribution in [2.45, 2.75) is 37.1 Å². The Morgan fingerprint density at radius 2 is 1.42 bits per heavy atom. The molecule has 53 heavy (non-hydrogen) atoms. The van der Waals surface area contributed by atoms with Crippen molar-refractivity contribution < 1.29 is 63.5 Å². The zero-order valence-electron chi connectivity index (χ0n) is 29.9. The monoisotopic (exact) mass is 732 g/mol. The third-order valence-electron chi connectivity index (χ3n) is 9.95. The fourth-order valence-electron chi connectivity index (χ4n) is 7.10. The van der Waals surface area contributed by atoms with E-state index >= 15 is 0 Å². The molecule has 1 saturated heterocycles. The van der Waals surface area contributed by atoms with Crippen LogP contribution in [0, 0.1) is 11.8 Å². The van der Waals surface area contributed by atoms with Gasteiger partial charge >= 0.3 is 5.97 Å². The topological polar surface area (TPSA) is 183 Å². The van der Waals surface area contributed by atoms with E-state index in [2.05, 4.69) is 0 Å². The number of carbonyl (C=O) groups is 1. The van der Waals surface area contributed by atoms with E-state index in [9.17, 15) is 30.3 Å². The van der Waals surface area contributed by atoms with E-state index in [4.69, 9.17) is 33.2 Å². The SMILES string of the molecule is COc1cc([C@@H](O)[C@H](CO)Oc2ccc(C[C@H]3C(=O)OC[C@@H]3Cc3cc(OC)c4c(c3)[C@H](CO)[C@@H](c3ccc(O)c(OC)c3)O4)cc2OC)ccc1O. The minimum atomic E-state index is -1.26. The molecule has 0 saturated carbocycles. The first-order valence-electron chi connectivity index (χ1n) is 17.1. The van der Waals surface area contributed by atoms with Crippen LogP contribution in [0.5, 0.6) is 46.0 Å². The van der Waals surface area contributed by atoms with Gasteiger partial charge in [-0.3, -0.25) is 4.79 Å². The van der Waals surface area contributed by atoms with Crippen molar-refractivity contribution in [2.24, 2.45) is 11.8 Å². The molecular formula is C40H44O13. The highest BCUT2D eigenvalue weighted by Gasteiger charge is 2.40. The number of cyclic esters (lactones) is 1. The molecule has 0 unspecified atom stereocenters. The molecule has 6 rings (SSSR count). The summed E-state index contributed by atoms with van der Waals surface area (Å²) in [5, 5.41) is 51.6. The maximum absolute atomic E-state index is 13.1. The van der Waals surface area contributed by atoms with Gasteiger partial charge in [0.05, 0.1) is 60.1 Å². The van der Waals surface area contributed by atoms with E-state index in [-0.39, 0.29) is 48.1 Å². The van der Waals surface area contributed by atoms with E-state index in [1.807, 2.05) is 12.1 Å². The normalized spacial score (nSPS) is 20.2. The van der Waals surface area contributed by atoms with Crippen LogP contribution in [0.2, 0.25) is 0 Å². The van der Waals surface area contributed by atoms with Crippen molar-refractivity contribution in [2.75, 3.05) is 48.3 Å². The largest absolute Gasteiger partial charge is 0.504 e. The molecular weight excluding hydrogens is 688 g/mol. The van der Waals surface area contributed by atoms with Gasteiger partial charge in [-0.05, 0) is 77.6 Å². The van der Waals surface area contributed by atoms with Crippen LogP contribution in [0.15, 0.2) is 66.7 Å². The first-order chi connectivity index (χ1) is 25.6. The number of aliphatic hydroxyl groups excluding tert-OH is 3. The van der Waals surface area contributed by atoms with Crippen LogP contribution in [0.3, 0.4) is 0 Å². The van der Waals surface area contributed by atoms with Crippen LogP contribution in [0.4, 0.5) is 0 Å². The van der Waals surface area contributed by atoms with Crippen LogP contribution >= 0.6 is 0 Å². The molecule has 4 aromatic rings. The van der Waals surface area contributed by atoms with Gasteiger partial charge in [-0.2, -0.15) is 0 Å². The highest BCUT2D eigenvalue weighted by atomic mass is 16.5. The Morgan fingerprint density at radius 1 is 0.736 bits per heavy atom. The molecule has 2 heterocycles. The van der Waals surface area contributed by atoms with Crippen LogP contribution in [-0.4, -0.2) is 85.9 Å². The molecule has 0 radical (unpaired) electrons. The molecule has 6 atom stereocenters. The Balaban J connectivity index is 1.19. The van der Waals surface area contributed by atoms with Gasteiger partial charge in [0.25, 0.3) is 0 Å². The zero-order valence-corrected chi connectivity index (χ0v) is 29.9. The number of phenolic OH excluding ortho intramolecular Hbond substituents is 2. The average molecular weight is 733 g/mol. The van der Waals surface area contributed by atoms with Gasteiger partial charge in [-0.15, -0.1) is 0 Å². The number of ether oxygens (including phenoxy) is 7. The van der Waals surface area contributed by atoms with Crippen molar-refractivity contribution in [3.63, 3.8) is 0 Å². The number of esters is 1. The third-order valence-corrected chi connectivity index (χ3v) is 9.95. The lowest BCUT2D eigenvalue weighted by atomic mass is 9.83. The Hall–Kier alpha value is -5.37. The smallest absolute Gasteiger partial charge is 0.309 e. The quantitative estimate of drug-likeness (QED) is 0.109. The minimum absolute atomic E-state index is 0.00315. The second-order valence-electron chi connectivity index (χ2n) is 13.1. The van der Waals surface area contributed by atoms with E-state index in [0.29, 0.717) is 41.4 Å².